The summed E-state index contributed by atoms with van der Waals surface area (Å²) < 4.78 is 1.97. The van der Waals surface area contributed by atoms with E-state index in [-0.39, 0.29) is 11.8 Å². The first-order valence-corrected chi connectivity index (χ1v) is 14.1. The molecule has 0 N–H and O–H groups in total. The van der Waals surface area contributed by atoms with Crippen molar-refractivity contribution in [1.82, 2.24) is 9.55 Å². The second-order valence-corrected chi connectivity index (χ2v) is 13.9. The first-order chi connectivity index (χ1) is 14.7. The molecule has 156 valence electrons. The molecular formula is C25H24ClN3OSi. The molecule has 6 heteroatoms. The number of imidazole rings is 1. The van der Waals surface area contributed by atoms with Crippen molar-refractivity contribution in [2.24, 2.45) is 4.99 Å². The minimum atomic E-state index is -1.52. The van der Waals surface area contributed by atoms with Crippen LogP contribution in [0.5, 0.6) is 0 Å². The third-order valence-corrected chi connectivity index (χ3v) is 6.28. The highest BCUT2D eigenvalue weighted by atomic mass is 35.5. The van der Waals surface area contributed by atoms with Gasteiger partial charge in [0.2, 0.25) is 0 Å². The van der Waals surface area contributed by atoms with Crippen LogP contribution in [0.25, 0.3) is 5.69 Å². The van der Waals surface area contributed by atoms with E-state index < -0.39 is 8.07 Å². The van der Waals surface area contributed by atoms with E-state index in [2.05, 4.69) is 42.2 Å². The van der Waals surface area contributed by atoms with Gasteiger partial charge in [0.15, 0.2) is 5.78 Å². The minimum absolute atomic E-state index is 0.0730. The number of fused-ring (bicyclic) bond motifs is 3. The second-order valence-electron chi connectivity index (χ2n) is 8.77. The smallest absolute Gasteiger partial charge is 0.180 e. The van der Waals surface area contributed by atoms with Crippen LogP contribution in [0, 0.1) is 11.5 Å². The van der Waals surface area contributed by atoms with Crippen LogP contribution in [0.4, 0.5) is 0 Å². The Balaban J connectivity index is 2.02. The molecule has 4 nitrogen and oxygen atoms in total. The van der Waals surface area contributed by atoms with Crippen molar-refractivity contribution in [1.29, 1.82) is 0 Å². The topological polar surface area (TPSA) is 47.2 Å². The molecule has 0 spiro atoms. The summed E-state index contributed by atoms with van der Waals surface area (Å²) in [6.07, 6.45) is 1.71. The highest BCUT2D eigenvalue weighted by Crippen LogP contribution is 2.34. The fraction of sp³-hybridized carbons (Fsp3) is 0.240. The summed E-state index contributed by atoms with van der Waals surface area (Å²) in [4.78, 5) is 21.7. The lowest BCUT2D eigenvalue weighted by Crippen LogP contribution is -2.16. The Morgan fingerprint density at radius 2 is 1.87 bits per heavy atom. The standard InChI is InChI=1S/C25H24ClN3OSi/c1-16-25-23(17(2)30)27-15-29(25)22-11-10-18(12-13-31(3,4)5)14-20(22)24(28-16)19-8-6-7-9-21(19)26/h6-11,14-16H,1-5H3/t16-/m1/s1. The molecule has 31 heavy (non-hydrogen) atoms. The lowest BCUT2D eigenvalue weighted by Gasteiger charge is -2.13. The Morgan fingerprint density at radius 3 is 2.55 bits per heavy atom. The molecular weight excluding hydrogens is 422 g/mol. The molecule has 0 amide bonds. The van der Waals surface area contributed by atoms with E-state index in [1.165, 1.54) is 6.92 Å². The van der Waals surface area contributed by atoms with Gasteiger partial charge in [0.1, 0.15) is 20.1 Å². The first kappa shape index (κ1) is 21.3. The molecule has 1 atom stereocenters. The van der Waals surface area contributed by atoms with Crippen molar-refractivity contribution in [3.05, 3.63) is 81.9 Å². The van der Waals surface area contributed by atoms with Gasteiger partial charge in [-0.05, 0) is 31.2 Å². The molecule has 1 aromatic heterocycles. The molecule has 0 fully saturated rings. The van der Waals surface area contributed by atoms with Crippen LogP contribution in [0.2, 0.25) is 24.7 Å². The van der Waals surface area contributed by atoms with Crippen LogP contribution >= 0.6 is 11.6 Å². The van der Waals surface area contributed by atoms with Gasteiger partial charge in [-0.2, -0.15) is 0 Å². The summed E-state index contributed by atoms with van der Waals surface area (Å²) in [6.45, 7) is 10.2. The zero-order valence-electron chi connectivity index (χ0n) is 18.3. The SMILES string of the molecule is CC(=O)c1ncn2c1[C@@H](C)N=C(c1ccccc1Cl)c1cc(C#C[Si](C)(C)C)ccc1-2. The molecule has 3 aromatic rings. The number of carbonyl (C=O) groups excluding carboxylic acids is 1. The number of benzene rings is 2. The van der Waals surface area contributed by atoms with E-state index in [1.54, 1.807) is 6.33 Å². The van der Waals surface area contributed by atoms with Gasteiger partial charge in [-0.3, -0.25) is 14.4 Å². The fourth-order valence-corrected chi connectivity index (χ4v) is 4.43. The summed E-state index contributed by atoms with van der Waals surface area (Å²) in [5.41, 5.74) is 9.09. The van der Waals surface area contributed by atoms with Gasteiger partial charge in [0.05, 0.1) is 23.1 Å². The summed E-state index contributed by atoms with van der Waals surface area (Å²) in [5.74, 6) is 3.27. The molecule has 2 heterocycles. The molecule has 0 unspecified atom stereocenters. The van der Waals surface area contributed by atoms with Gasteiger partial charge < -0.3 is 0 Å². The molecule has 2 aromatic carbocycles. The van der Waals surface area contributed by atoms with Crippen LogP contribution in [-0.4, -0.2) is 29.1 Å². The summed E-state index contributed by atoms with van der Waals surface area (Å²) in [6, 6.07) is 13.6. The molecule has 1 aliphatic heterocycles. The van der Waals surface area contributed by atoms with E-state index >= 15 is 0 Å². The third-order valence-electron chi connectivity index (χ3n) is 5.08. The second kappa shape index (κ2) is 7.95. The summed E-state index contributed by atoms with van der Waals surface area (Å²) in [7, 11) is -1.52. The summed E-state index contributed by atoms with van der Waals surface area (Å²) in [5, 5.41) is 0.634. The molecule has 0 radical (unpaired) electrons. The van der Waals surface area contributed by atoms with Crippen LogP contribution in [0.1, 0.15) is 52.8 Å². The Hall–Kier alpha value is -2.94. The zero-order valence-corrected chi connectivity index (χ0v) is 20.1. The largest absolute Gasteiger partial charge is 0.300 e. The number of nitrogens with zero attached hydrogens (tertiary/aromatic N) is 3. The third kappa shape index (κ3) is 4.14. The average molecular weight is 446 g/mol. The highest BCUT2D eigenvalue weighted by molar-refractivity contribution is 6.83. The van der Waals surface area contributed by atoms with Gasteiger partial charge in [0.25, 0.3) is 0 Å². The molecule has 0 bridgehead atoms. The number of halogens is 1. The number of carbonyl (C=O) groups is 1. The number of hydrogen-bond acceptors (Lipinski definition) is 3. The van der Waals surface area contributed by atoms with Crippen molar-refractivity contribution in [2.45, 2.75) is 39.5 Å². The number of hydrogen-bond donors (Lipinski definition) is 0. The van der Waals surface area contributed by atoms with Crippen molar-refractivity contribution < 1.29 is 4.79 Å². The van der Waals surface area contributed by atoms with E-state index in [0.717, 1.165) is 33.8 Å². The van der Waals surface area contributed by atoms with Gasteiger partial charge >= 0.3 is 0 Å². The minimum Gasteiger partial charge on any atom is -0.300 e. The predicted molar refractivity (Wildman–Crippen MR) is 129 cm³/mol. The fourth-order valence-electron chi connectivity index (χ4n) is 3.69. The van der Waals surface area contributed by atoms with Gasteiger partial charge in [-0.1, -0.05) is 55.4 Å². The zero-order chi connectivity index (χ0) is 22.3. The maximum atomic E-state index is 12.2. The van der Waals surface area contributed by atoms with Crippen molar-refractivity contribution in [3.63, 3.8) is 0 Å². The van der Waals surface area contributed by atoms with Crippen LogP contribution in [-0.2, 0) is 0 Å². The monoisotopic (exact) mass is 445 g/mol. The highest BCUT2D eigenvalue weighted by Gasteiger charge is 2.28. The number of ketones is 1. The number of aromatic nitrogens is 2. The maximum absolute atomic E-state index is 12.2. The van der Waals surface area contributed by atoms with Crippen LogP contribution < -0.4 is 0 Å². The molecule has 0 saturated heterocycles. The average Bonchev–Trinajstić information content (AvgIpc) is 3.11. The quantitative estimate of drug-likeness (QED) is 0.281. The Labute approximate surface area is 189 Å². The Morgan fingerprint density at radius 1 is 1.13 bits per heavy atom. The van der Waals surface area contributed by atoms with Crippen molar-refractivity contribution in [3.8, 4) is 17.2 Å². The lowest BCUT2D eigenvalue weighted by atomic mass is 9.98. The Kier molecular flexibility index (Phi) is 5.46. The number of Topliss-reactive ketones (excluding diaryl/α,β-unsaturated/α-hetero) is 1. The maximum Gasteiger partial charge on any atom is 0.180 e. The number of aliphatic imine (C=N–C) groups is 1. The van der Waals surface area contributed by atoms with Crippen molar-refractivity contribution >= 4 is 31.2 Å². The molecule has 0 saturated carbocycles. The number of rotatable bonds is 2. The van der Waals surface area contributed by atoms with Crippen LogP contribution in [0.3, 0.4) is 0 Å². The van der Waals surface area contributed by atoms with E-state index in [9.17, 15) is 4.79 Å². The van der Waals surface area contributed by atoms with E-state index in [1.807, 2.05) is 47.9 Å². The van der Waals surface area contributed by atoms with E-state index in [4.69, 9.17) is 16.6 Å². The van der Waals surface area contributed by atoms with Gasteiger partial charge in [-0.25, -0.2) is 4.98 Å². The molecule has 0 aliphatic carbocycles. The molecule has 1 aliphatic rings. The molecule has 4 rings (SSSR count). The van der Waals surface area contributed by atoms with E-state index in [0.29, 0.717) is 10.7 Å². The van der Waals surface area contributed by atoms with Gasteiger partial charge in [-0.15, -0.1) is 5.54 Å². The lowest BCUT2D eigenvalue weighted by molar-refractivity contribution is 0.101. The van der Waals surface area contributed by atoms with Crippen LogP contribution in [0.15, 0.2) is 53.8 Å². The first-order valence-electron chi connectivity index (χ1n) is 10.2. The van der Waals surface area contributed by atoms with Gasteiger partial charge in [0, 0.05) is 28.6 Å². The summed E-state index contributed by atoms with van der Waals surface area (Å²) >= 11 is 6.58. The predicted octanol–water partition coefficient (Wildman–Crippen LogP) is 5.87. The normalized spacial score (nSPS) is 15.2. The van der Waals surface area contributed by atoms with Crippen molar-refractivity contribution in [2.75, 3.05) is 0 Å². The Bertz CT molecular complexity index is 1290.